The van der Waals surface area contributed by atoms with Crippen LogP contribution in [0.5, 0.6) is 5.75 Å². The van der Waals surface area contributed by atoms with Crippen LogP contribution in [0, 0.1) is 0 Å². The van der Waals surface area contributed by atoms with Crippen LogP contribution in [0.3, 0.4) is 0 Å². The minimum atomic E-state index is 0.735. The van der Waals surface area contributed by atoms with Gasteiger partial charge in [0.25, 0.3) is 0 Å². The molecule has 1 N–H and O–H groups in total. The van der Waals surface area contributed by atoms with Crippen molar-refractivity contribution in [3.05, 3.63) is 28.8 Å². The zero-order chi connectivity index (χ0) is 13.4. The van der Waals surface area contributed by atoms with Crippen LogP contribution < -0.4 is 10.1 Å². The highest BCUT2D eigenvalue weighted by Gasteiger charge is 2.04. The van der Waals surface area contributed by atoms with Crippen molar-refractivity contribution in [2.24, 2.45) is 0 Å². The standard InChI is InChI=1S/C14H23ClN2O/c1-4-16-11-12-10-13(15)6-7-14(12)18-9-5-8-17(2)3/h6-7,10,16H,4-5,8-9,11H2,1-3H3. The lowest BCUT2D eigenvalue weighted by Crippen LogP contribution is -2.16. The van der Waals surface area contributed by atoms with Crippen molar-refractivity contribution in [1.29, 1.82) is 0 Å². The molecule has 1 rings (SSSR count). The van der Waals surface area contributed by atoms with Crippen LogP contribution in [0.25, 0.3) is 0 Å². The first-order chi connectivity index (χ1) is 8.63. The molecule has 102 valence electrons. The third kappa shape index (κ3) is 5.71. The molecular formula is C14H23ClN2O. The molecule has 0 heterocycles. The number of hydrogen-bond acceptors (Lipinski definition) is 3. The fraction of sp³-hybridized carbons (Fsp3) is 0.571. The third-order valence-electron chi connectivity index (χ3n) is 2.60. The first-order valence-corrected chi connectivity index (χ1v) is 6.78. The monoisotopic (exact) mass is 270 g/mol. The smallest absolute Gasteiger partial charge is 0.123 e. The Morgan fingerprint density at radius 3 is 2.78 bits per heavy atom. The fourth-order valence-corrected chi connectivity index (χ4v) is 1.84. The highest BCUT2D eigenvalue weighted by atomic mass is 35.5. The molecule has 0 saturated heterocycles. The highest BCUT2D eigenvalue weighted by molar-refractivity contribution is 6.30. The second kappa shape index (κ2) is 8.35. The number of ether oxygens (including phenoxy) is 1. The highest BCUT2D eigenvalue weighted by Crippen LogP contribution is 2.23. The quantitative estimate of drug-likeness (QED) is 0.735. The Kier molecular flexibility index (Phi) is 7.09. The summed E-state index contributed by atoms with van der Waals surface area (Å²) in [5, 5.41) is 4.05. The van der Waals surface area contributed by atoms with Crippen LogP contribution in [-0.4, -0.2) is 38.7 Å². The van der Waals surface area contributed by atoms with Crippen LogP contribution in [-0.2, 0) is 6.54 Å². The van der Waals surface area contributed by atoms with Crippen LogP contribution in [0.2, 0.25) is 5.02 Å². The molecule has 3 nitrogen and oxygen atoms in total. The van der Waals surface area contributed by atoms with E-state index in [0.717, 1.165) is 49.0 Å². The van der Waals surface area contributed by atoms with Gasteiger partial charge in [0.2, 0.25) is 0 Å². The molecule has 0 aliphatic heterocycles. The molecule has 18 heavy (non-hydrogen) atoms. The SMILES string of the molecule is CCNCc1cc(Cl)ccc1OCCCN(C)C. The average molecular weight is 271 g/mol. The minimum Gasteiger partial charge on any atom is -0.493 e. The molecule has 0 saturated carbocycles. The number of hydrogen-bond donors (Lipinski definition) is 1. The van der Waals surface area contributed by atoms with Gasteiger partial charge in [-0.25, -0.2) is 0 Å². The Hall–Kier alpha value is -0.770. The lowest BCUT2D eigenvalue weighted by molar-refractivity contribution is 0.279. The Bertz CT molecular complexity index is 356. The molecule has 0 atom stereocenters. The minimum absolute atomic E-state index is 0.735. The first kappa shape index (κ1) is 15.3. The lowest BCUT2D eigenvalue weighted by Gasteiger charge is -2.14. The van der Waals surface area contributed by atoms with Crippen molar-refractivity contribution in [3.63, 3.8) is 0 Å². The average Bonchev–Trinajstić information content (AvgIpc) is 2.33. The fourth-order valence-electron chi connectivity index (χ4n) is 1.65. The molecular weight excluding hydrogens is 248 g/mol. The van der Waals surface area contributed by atoms with Gasteiger partial charge in [0, 0.05) is 23.7 Å². The third-order valence-corrected chi connectivity index (χ3v) is 2.83. The van der Waals surface area contributed by atoms with Crippen LogP contribution in [0.4, 0.5) is 0 Å². The van der Waals surface area contributed by atoms with Gasteiger partial charge in [0.15, 0.2) is 0 Å². The zero-order valence-corrected chi connectivity index (χ0v) is 12.3. The van der Waals surface area contributed by atoms with E-state index in [-0.39, 0.29) is 0 Å². The van der Waals surface area contributed by atoms with Gasteiger partial charge in [-0.05, 0) is 45.3 Å². The Morgan fingerprint density at radius 1 is 1.33 bits per heavy atom. The van der Waals surface area contributed by atoms with Crippen LogP contribution in [0.15, 0.2) is 18.2 Å². The molecule has 0 amide bonds. The van der Waals surface area contributed by atoms with Crippen LogP contribution in [0.1, 0.15) is 18.9 Å². The predicted molar refractivity (Wildman–Crippen MR) is 77.5 cm³/mol. The molecule has 0 fully saturated rings. The van der Waals surface area contributed by atoms with Gasteiger partial charge in [-0.3, -0.25) is 0 Å². The van der Waals surface area contributed by atoms with Gasteiger partial charge in [-0.15, -0.1) is 0 Å². The summed E-state index contributed by atoms with van der Waals surface area (Å²) in [6, 6.07) is 5.79. The van der Waals surface area contributed by atoms with Crippen molar-refractivity contribution in [1.82, 2.24) is 10.2 Å². The summed E-state index contributed by atoms with van der Waals surface area (Å²) >= 11 is 6.01. The van der Waals surface area contributed by atoms with Gasteiger partial charge in [0.05, 0.1) is 6.61 Å². The Labute approximate surface area is 115 Å². The van der Waals surface area contributed by atoms with Crippen molar-refractivity contribution < 1.29 is 4.74 Å². The van der Waals surface area contributed by atoms with E-state index in [4.69, 9.17) is 16.3 Å². The number of nitrogens with zero attached hydrogens (tertiary/aromatic N) is 1. The molecule has 0 bridgehead atoms. The van der Waals surface area contributed by atoms with Crippen molar-refractivity contribution >= 4 is 11.6 Å². The Balaban J connectivity index is 2.52. The molecule has 1 aromatic carbocycles. The number of nitrogens with one attached hydrogen (secondary N) is 1. The van der Waals surface area contributed by atoms with Gasteiger partial charge >= 0.3 is 0 Å². The van der Waals surface area contributed by atoms with E-state index in [2.05, 4.69) is 31.2 Å². The van der Waals surface area contributed by atoms with Gasteiger partial charge < -0.3 is 15.0 Å². The van der Waals surface area contributed by atoms with E-state index in [9.17, 15) is 0 Å². The van der Waals surface area contributed by atoms with Crippen LogP contribution >= 0.6 is 11.6 Å². The molecule has 0 spiro atoms. The Morgan fingerprint density at radius 2 is 2.11 bits per heavy atom. The van der Waals surface area contributed by atoms with Gasteiger partial charge in [-0.2, -0.15) is 0 Å². The molecule has 0 aliphatic rings. The number of halogens is 1. The largest absolute Gasteiger partial charge is 0.493 e. The molecule has 0 aromatic heterocycles. The lowest BCUT2D eigenvalue weighted by atomic mass is 10.2. The molecule has 0 aliphatic carbocycles. The van der Waals surface area contributed by atoms with E-state index in [1.165, 1.54) is 0 Å². The summed E-state index contributed by atoms with van der Waals surface area (Å²) in [7, 11) is 4.14. The first-order valence-electron chi connectivity index (χ1n) is 6.40. The van der Waals surface area contributed by atoms with Crippen molar-refractivity contribution in [3.8, 4) is 5.75 Å². The second-order valence-corrected chi connectivity index (χ2v) is 4.97. The van der Waals surface area contributed by atoms with Gasteiger partial charge in [0.1, 0.15) is 5.75 Å². The van der Waals surface area contributed by atoms with E-state index < -0.39 is 0 Å². The maximum atomic E-state index is 6.01. The molecule has 0 unspecified atom stereocenters. The number of benzene rings is 1. The van der Waals surface area contributed by atoms with Crippen molar-refractivity contribution in [2.75, 3.05) is 33.8 Å². The van der Waals surface area contributed by atoms with E-state index in [1.807, 2.05) is 18.2 Å². The van der Waals surface area contributed by atoms with Crippen molar-refractivity contribution in [2.45, 2.75) is 19.9 Å². The summed E-state index contributed by atoms with van der Waals surface area (Å²) < 4.78 is 5.81. The summed E-state index contributed by atoms with van der Waals surface area (Å²) in [6.45, 7) is 5.59. The van der Waals surface area contributed by atoms with E-state index in [0.29, 0.717) is 0 Å². The summed E-state index contributed by atoms with van der Waals surface area (Å²) in [6.07, 6.45) is 1.02. The topological polar surface area (TPSA) is 24.5 Å². The maximum absolute atomic E-state index is 6.01. The second-order valence-electron chi connectivity index (χ2n) is 4.54. The normalized spacial score (nSPS) is 10.9. The summed E-state index contributed by atoms with van der Waals surface area (Å²) in [5.41, 5.74) is 1.12. The zero-order valence-electron chi connectivity index (χ0n) is 11.5. The molecule has 1 aromatic rings. The van der Waals surface area contributed by atoms with E-state index >= 15 is 0 Å². The number of rotatable bonds is 8. The molecule has 0 radical (unpaired) electrons. The van der Waals surface area contributed by atoms with Gasteiger partial charge in [-0.1, -0.05) is 18.5 Å². The molecule has 4 heteroatoms. The van der Waals surface area contributed by atoms with E-state index in [1.54, 1.807) is 0 Å². The summed E-state index contributed by atoms with van der Waals surface area (Å²) in [4.78, 5) is 2.16. The summed E-state index contributed by atoms with van der Waals surface area (Å²) in [5.74, 6) is 0.930. The maximum Gasteiger partial charge on any atom is 0.123 e. The predicted octanol–water partition coefficient (Wildman–Crippen LogP) is 2.78.